The lowest BCUT2D eigenvalue weighted by Crippen LogP contribution is -2.43. The van der Waals surface area contributed by atoms with Crippen molar-refractivity contribution >= 4 is 11.8 Å². The molecule has 3 atom stereocenters. The number of likely N-dealkylation sites (tertiary alicyclic amines) is 1. The molecule has 3 heterocycles. The molecule has 1 aromatic rings. The lowest BCUT2D eigenvalue weighted by Gasteiger charge is -2.26. The summed E-state index contributed by atoms with van der Waals surface area (Å²) in [7, 11) is 1.69. The van der Waals surface area contributed by atoms with Crippen molar-refractivity contribution in [3.8, 4) is 0 Å². The molecule has 7 nitrogen and oxygen atoms in total. The molecular weight excluding hydrogens is 306 g/mol. The summed E-state index contributed by atoms with van der Waals surface area (Å²) in [4.78, 5) is 28.5. The number of hydrogen-bond donors (Lipinski definition) is 1. The van der Waals surface area contributed by atoms with E-state index >= 15 is 0 Å². The van der Waals surface area contributed by atoms with Gasteiger partial charge in [0.2, 0.25) is 11.8 Å². The third kappa shape index (κ3) is 3.61. The van der Waals surface area contributed by atoms with Gasteiger partial charge in [-0.15, -0.1) is 0 Å². The van der Waals surface area contributed by atoms with Crippen molar-refractivity contribution in [1.82, 2.24) is 24.9 Å². The number of hydrogen-bond acceptors (Lipinski definition) is 4. The summed E-state index contributed by atoms with van der Waals surface area (Å²) in [6.07, 6.45) is 5.53. The number of carbonyl (C=O) groups is 2. The first-order valence-electron chi connectivity index (χ1n) is 8.79. The zero-order valence-electron chi connectivity index (χ0n) is 14.5. The quantitative estimate of drug-likeness (QED) is 0.864. The Labute approximate surface area is 143 Å². The van der Waals surface area contributed by atoms with E-state index in [0.29, 0.717) is 11.8 Å². The van der Waals surface area contributed by atoms with Crippen molar-refractivity contribution in [3.63, 3.8) is 0 Å². The fourth-order valence-electron chi connectivity index (χ4n) is 3.79. The molecule has 0 aliphatic carbocycles. The van der Waals surface area contributed by atoms with E-state index in [1.807, 2.05) is 4.90 Å². The van der Waals surface area contributed by atoms with Crippen LogP contribution in [0, 0.1) is 11.8 Å². The summed E-state index contributed by atoms with van der Waals surface area (Å²) in [6.45, 7) is 5.70. The zero-order valence-corrected chi connectivity index (χ0v) is 14.5. The van der Waals surface area contributed by atoms with E-state index in [9.17, 15) is 9.59 Å². The number of carbonyl (C=O) groups excluding carboxylic acids is 2. The smallest absolute Gasteiger partial charge is 0.247 e. The van der Waals surface area contributed by atoms with Gasteiger partial charge in [-0.25, -0.2) is 0 Å². The van der Waals surface area contributed by atoms with E-state index in [0.717, 1.165) is 39.0 Å². The van der Waals surface area contributed by atoms with Crippen molar-refractivity contribution in [3.05, 3.63) is 18.5 Å². The van der Waals surface area contributed by atoms with E-state index in [1.165, 1.54) is 4.90 Å². The predicted octanol–water partition coefficient (Wildman–Crippen LogP) is 0.361. The molecule has 7 heteroatoms. The second-order valence-electron chi connectivity index (χ2n) is 6.99. The molecule has 2 fully saturated rings. The highest BCUT2D eigenvalue weighted by molar-refractivity contribution is 5.86. The molecule has 2 amide bonds. The maximum absolute atomic E-state index is 12.6. The largest absolute Gasteiger partial charge is 0.341 e. The Morgan fingerprint density at radius 3 is 2.54 bits per heavy atom. The molecule has 0 saturated carbocycles. The Balaban J connectivity index is 1.53. The van der Waals surface area contributed by atoms with E-state index in [1.54, 1.807) is 37.1 Å². The fraction of sp³-hybridized carbons (Fsp3) is 0.706. The normalized spacial score (nSPS) is 25.0. The lowest BCUT2D eigenvalue weighted by molar-refractivity contribution is -0.141. The molecule has 1 N–H and O–H groups in total. The van der Waals surface area contributed by atoms with Gasteiger partial charge in [0.05, 0.1) is 6.54 Å². The summed E-state index contributed by atoms with van der Waals surface area (Å²) in [5.41, 5.74) is 0. The molecule has 24 heavy (non-hydrogen) atoms. The molecule has 132 valence electrons. The van der Waals surface area contributed by atoms with Crippen LogP contribution in [-0.2, 0) is 9.59 Å². The Kier molecular flexibility index (Phi) is 5.18. The molecule has 3 rings (SSSR count). The van der Waals surface area contributed by atoms with Crippen LogP contribution < -0.4 is 5.32 Å². The molecule has 0 bridgehead atoms. The second kappa shape index (κ2) is 7.34. The molecule has 0 aromatic carbocycles. The molecule has 1 aromatic heterocycles. The van der Waals surface area contributed by atoms with Gasteiger partial charge in [-0.1, -0.05) is 0 Å². The van der Waals surface area contributed by atoms with Crippen molar-refractivity contribution in [2.45, 2.75) is 25.8 Å². The molecule has 0 radical (unpaired) electrons. The number of nitrogens with one attached hydrogen (secondary N) is 1. The Morgan fingerprint density at radius 2 is 1.96 bits per heavy atom. The molecule has 2 aliphatic heterocycles. The van der Waals surface area contributed by atoms with E-state index in [2.05, 4.69) is 10.4 Å². The first kappa shape index (κ1) is 17.0. The number of amides is 2. The molecule has 2 saturated heterocycles. The van der Waals surface area contributed by atoms with Gasteiger partial charge in [-0.05, 0) is 50.8 Å². The van der Waals surface area contributed by atoms with Crippen LogP contribution in [0.5, 0.6) is 0 Å². The second-order valence-corrected chi connectivity index (χ2v) is 6.99. The van der Waals surface area contributed by atoms with Crippen LogP contribution >= 0.6 is 0 Å². The average molecular weight is 333 g/mol. The van der Waals surface area contributed by atoms with Crippen molar-refractivity contribution in [2.75, 3.05) is 39.8 Å². The van der Waals surface area contributed by atoms with E-state index in [4.69, 9.17) is 0 Å². The average Bonchev–Trinajstić information content (AvgIpc) is 3.22. The number of nitrogens with zero attached hydrogens (tertiary/aromatic N) is 4. The summed E-state index contributed by atoms with van der Waals surface area (Å²) in [6, 6.07) is 1.39. The fourth-order valence-corrected chi connectivity index (χ4v) is 3.79. The summed E-state index contributed by atoms with van der Waals surface area (Å²) in [5.74, 6) is 1.35. The topological polar surface area (TPSA) is 70.5 Å². The number of likely N-dealkylation sites (N-methyl/N-ethyl adjacent to an activating group) is 1. The van der Waals surface area contributed by atoms with E-state index < -0.39 is 6.04 Å². The van der Waals surface area contributed by atoms with Crippen molar-refractivity contribution in [1.29, 1.82) is 0 Å². The highest BCUT2D eigenvalue weighted by Crippen LogP contribution is 2.27. The van der Waals surface area contributed by atoms with Crippen LogP contribution in [0.15, 0.2) is 18.5 Å². The standard InChI is InChI=1S/C17H27N5O2/c1-13(22-7-3-6-19-22)17(24)20(2)12-16(23)21-8-4-14-10-18-11-15(14)5-9-21/h3,6-7,13-15,18H,4-5,8-12H2,1-2H3/t13?,14-,15+. The van der Waals surface area contributed by atoms with Gasteiger partial charge in [0.25, 0.3) is 0 Å². The Hall–Kier alpha value is -1.89. The monoisotopic (exact) mass is 333 g/mol. The van der Waals surface area contributed by atoms with Crippen molar-refractivity contribution in [2.24, 2.45) is 11.8 Å². The van der Waals surface area contributed by atoms with E-state index in [-0.39, 0.29) is 18.4 Å². The first-order chi connectivity index (χ1) is 11.6. The zero-order chi connectivity index (χ0) is 17.1. The van der Waals surface area contributed by atoms with Gasteiger partial charge in [0.15, 0.2) is 0 Å². The number of fused-ring (bicyclic) bond motifs is 1. The van der Waals surface area contributed by atoms with Crippen LogP contribution in [0.4, 0.5) is 0 Å². The minimum absolute atomic E-state index is 0.0476. The minimum Gasteiger partial charge on any atom is -0.341 e. The lowest BCUT2D eigenvalue weighted by atomic mass is 9.92. The third-order valence-electron chi connectivity index (χ3n) is 5.40. The maximum atomic E-state index is 12.6. The maximum Gasteiger partial charge on any atom is 0.247 e. The summed E-state index contributed by atoms with van der Waals surface area (Å²) in [5, 5.41) is 7.55. The van der Waals surface area contributed by atoms with Crippen LogP contribution in [0.25, 0.3) is 0 Å². The van der Waals surface area contributed by atoms with Gasteiger partial charge in [0.1, 0.15) is 6.04 Å². The highest BCUT2D eigenvalue weighted by atomic mass is 16.2. The SMILES string of the molecule is CC(C(=O)N(C)CC(=O)N1CC[C@@H]2CNC[C@@H]2CC1)n1cccn1. The van der Waals surface area contributed by atoms with Crippen LogP contribution in [0.2, 0.25) is 0 Å². The van der Waals surface area contributed by atoms with Gasteiger partial charge in [0, 0.05) is 32.5 Å². The van der Waals surface area contributed by atoms with Crippen LogP contribution in [0.1, 0.15) is 25.8 Å². The van der Waals surface area contributed by atoms with Gasteiger partial charge < -0.3 is 15.1 Å². The van der Waals surface area contributed by atoms with Crippen molar-refractivity contribution < 1.29 is 9.59 Å². The third-order valence-corrected chi connectivity index (χ3v) is 5.40. The Bertz CT molecular complexity index is 560. The number of rotatable bonds is 4. The molecule has 1 unspecified atom stereocenters. The summed E-state index contributed by atoms with van der Waals surface area (Å²) < 4.78 is 1.61. The van der Waals surface area contributed by atoms with Gasteiger partial charge in [-0.3, -0.25) is 14.3 Å². The summed E-state index contributed by atoms with van der Waals surface area (Å²) >= 11 is 0. The van der Waals surface area contributed by atoms with Crippen LogP contribution in [0.3, 0.4) is 0 Å². The highest BCUT2D eigenvalue weighted by Gasteiger charge is 2.32. The van der Waals surface area contributed by atoms with Gasteiger partial charge >= 0.3 is 0 Å². The predicted molar refractivity (Wildman–Crippen MR) is 90.2 cm³/mol. The number of aromatic nitrogens is 2. The molecular formula is C17H27N5O2. The minimum atomic E-state index is -0.396. The van der Waals surface area contributed by atoms with Gasteiger partial charge in [-0.2, -0.15) is 5.10 Å². The Morgan fingerprint density at radius 1 is 1.29 bits per heavy atom. The van der Waals surface area contributed by atoms with Crippen LogP contribution in [-0.4, -0.2) is 71.2 Å². The molecule has 0 spiro atoms. The molecule has 2 aliphatic rings. The first-order valence-corrected chi connectivity index (χ1v) is 8.79.